The van der Waals surface area contributed by atoms with Crippen molar-refractivity contribution in [3.05, 3.63) is 24.0 Å². The zero-order valence-corrected chi connectivity index (χ0v) is 9.66. The van der Waals surface area contributed by atoms with E-state index in [1.54, 1.807) is 0 Å². The van der Waals surface area contributed by atoms with Crippen molar-refractivity contribution in [2.45, 2.75) is 45.6 Å². The predicted molar refractivity (Wildman–Crippen MR) is 64.0 cm³/mol. The van der Waals surface area contributed by atoms with Gasteiger partial charge >= 0.3 is 0 Å². The van der Waals surface area contributed by atoms with E-state index in [9.17, 15) is 0 Å². The van der Waals surface area contributed by atoms with E-state index in [1.807, 2.05) is 13.1 Å². The van der Waals surface area contributed by atoms with Gasteiger partial charge in [-0.05, 0) is 37.8 Å². The molecule has 1 aliphatic rings. The predicted octanol–water partition coefficient (Wildman–Crippen LogP) is 3.38. The Morgan fingerprint density at radius 3 is 2.93 bits per heavy atom. The third-order valence-corrected chi connectivity index (χ3v) is 3.08. The minimum absolute atomic E-state index is 0.638. The van der Waals surface area contributed by atoms with Gasteiger partial charge in [0.05, 0.1) is 0 Å². The van der Waals surface area contributed by atoms with Crippen molar-refractivity contribution in [3.8, 4) is 0 Å². The van der Waals surface area contributed by atoms with Crippen LogP contribution in [0.4, 0.5) is 5.69 Å². The van der Waals surface area contributed by atoms with Crippen LogP contribution in [-0.2, 0) is 0 Å². The molecule has 1 aromatic rings. The SMILES string of the molecule is CCC(CC1CC1)Nc1ccnc(C)c1. The Balaban J connectivity index is 1.92. The van der Waals surface area contributed by atoms with Gasteiger partial charge in [-0.3, -0.25) is 4.98 Å². The summed E-state index contributed by atoms with van der Waals surface area (Å²) >= 11 is 0. The summed E-state index contributed by atoms with van der Waals surface area (Å²) in [6, 6.07) is 4.82. The van der Waals surface area contributed by atoms with Gasteiger partial charge in [0.2, 0.25) is 0 Å². The van der Waals surface area contributed by atoms with Crippen LogP contribution in [0.15, 0.2) is 18.3 Å². The van der Waals surface area contributed by atoms with Gasteiger partial charge in [0.15, 0.2) is 0 Å². The maximum Gasteiger partial charge on any atom is 0.0393 e. The minimum Gasteiger partial charge on any atom is -0.382 e. The first-order chi connectivity index (χ1) is 7.28. The van der Waals surface area contributed by atoms with E-state index in [2.05, 4.69) is 29.4 Å². The fraction of sp³-hybridized carbons (Fsp3) is 0.615. The third kappa shape index (κ3) is 3.22. The molecule has 2 nitrogen and oxygen atoms in total. The van der Waals surface area contributed by atoms with Gasteiger partial charge in [0.1, 0.15) is 0 Å². The molecule has 0 spiro atoms. The van der Waals surface area contributed by atoms with Crippen LogP contribution in [0.25, 0.3) is 0 Å². The van der Waals surface area contributed by atoms with Gasteiger partial charge in [-0.1, -0.05) is 19.8 Å². The highest BCUT2D eigenvalue weighted by atomic mass is 14.9. The van der Waals surface area contributed by atoms with Gasteiger partial charge in [-0.15, -0.1) is 0 Å². The van der Waals surface area contributed by atoms with E-state index in [1.165, 1.54) is 31.4 Å². The van der Waals surface area contributed by atoms with Crippen molar-refractivity contribution in [1.82, 2.24) is 4.98 Å². The van der Waals surface area contributed by atoms with E-state index < -0.39 is 0 Å². The summed E-state index contributed by atoms with van der Waals surface area (Å²) in [6.45, 7) is 4.29. The Hall–Kier alpha value is -1.05. The molecule has 2 rings (SSSR count). The van der Waals surface area contributed by atoms with Crippen LogP contribution in [-0.4, -0.2) is 11.0 Å². The molecule has 0 saturated heterocycles. The highest BCUT2D eigenvalue weighted by Gasteiger charge is 2.24. The lowest BCUT2D eigenvalue weighted by atomic mass is 10.1. The number of nitrogens with one attached hydrogen (secondary N) is 1. The quantitative estimate of drug-likeness (QED) is 0.795. The molecule has 1 fully saturated rings. The van der Waals surface area contributed by atoms with Crippen LogP contribution >= 0.6 is 0 Å². The number of pyridine rings is 1. The van der Waals surface area contributed by atoms with Gasteiger partial charge in [0, 0.05) is 23.6 Å². The van der Waals surface area contributed by atoms with Crippen molar-refractivity contribution >= 4 is 5.69 Å². The number of hydrogen-bond donors (Lipinski definition) is 1. The van der Waals surface area contributed by atoms with Crippen molar-refractivity contribution in [3.63, 3.8) is 0 Å². The topological polar surface area (TPSA) is 24.9 Å². The molecule has 0 aromatic carbocycles. The molecule has 1 saturated carbocycles. The molecule has 1 aliphatic carbocycles. The monoisotopic (exact) mass is 204 g/mol. The molecule has 82 valence electrons. The van der Waals surface area contributed by atoms with Crippen LogP contribution in [0.2, 0.25) is 0 Å². The van der Waals surface area contributed by atoms with Gasteiger partial charge in [-0.25, -0.2) is 0 Å². The largest absolute Gasteiger partial charge is 0.382 e. The third-order valence-electron chi connectivity index (χ3n) is 3.08. The summed E-state index contributed by atoms with van der Waals surface area (Å²) in [5.41, 5.74) is 2.30. The van der Waals surface area contributed by atoms with E-state index in [0.717, 1.165) is 11.6 Å². The Kier molecular flexibility index (Phi) is 3.24. The zero-order valence-electron chi connectivity index (χ0n) is 9.66. The van der Waals surface area contributed by atoms with Crippen LogP contribution in [0.5, 0.6) is 0 Å². The Morgan fingerprint density at radius 1 is 1.53 bits per heavy atom. The van der Waals surface area contributed by atoms with Crippen LogP contribution < -0.4 is 5.32 Å². The first kappa shape index (κ1) is 10.5. The maximum absolute atomic E-state index is 4.21. The second kappa shape index (κ2) is 4.65. The van der Waals surface area contributed by atoms with E-state index >= 15 is 0 Å². The molecule has 0 bridgehead atoms. The fourth-order valence-corrected chi connectivity index (χ4v) is 1.95. The summed E-state index contributed by atoms with van der Waals surface area (Å²) < 4.78 is 0. The molecule has 2 heteroatoms. The fourth-order valence-electron chi connectivity index (χ4n) is 1.95. The molecule has 0 amide bonds. The maximum atomic E-state index is 4.21. The first-order valence-corrected chi connectivity index (χ1v) is 5.97. The molecule has 1 heterocycles. The lowest BCUT2D eigenvalue weighted by Crippen LogP contribution is -2.19. The molecule has 15 heavy (non-hydrogen) atoms. The number of aromatic nitrogens is 1. The van der Waals surface area contributed by atoms with E-state index in [0.29, 0.717) is 6.04 Å². The van der Waals surface area contributed by atoms with E-state index in [4.69, 9.17) is 0 Å². The van der Waals surface area contributed by atoms with E-state index in [-0.39, 0.29) is 0 Å². The molecule has 0 aliphatic heterocycles. The van der Waals surface area contributed by atoms with Crippen LogP contribution in [0, 0.1) is 12.8 Å². The van der Waals surface area contributed by atoms with Crippen molar-refractivity contribution in [2.24, 2.45) is 5.92 Å². The van der Waals surface area contributed by atoms with Gasteiger partial charge < -0.3 is 5.32 Å². The van der Waals surface area contributed by atoms with Crippen LogP contribution in [0.1, 0.15) is 38.3 Å². The number of nitrogens with zero attached hydrogens (tertiary/aromatic N) is 1. The summed E-state index contributed by atoms with van der Waals surface area (Å²) in [7, 11) is 0. The second-order valence-corrected chi connectivity index (χ2v) is 4.61. The molecule has 1 unspecified atom stereocenters. The summed E-state index contributed by atoms with van der Waals surface area (Å²) in [5.74, 6) is 0.991. The molecule has 1 atom stereocenters. The van der Waals surface area contributed by atoms with Crippen molar-refractivity contribution in [1.29, 1.82) is 0 Å². The molecule has 1 aromatic heterocycles. The zero-order chi connectivity index (χ0) is 10.7. The molecule has 0 radical (unpaired) electrons. The molecular weight excluding hydrogens is 184 g/mol. The Morgan fingerprint density at radius 2 is 2.33 bits per heavy atom. The first-order valence-electron chi connectivity index (χ1n) is 5.97. The summed E-state index contributed by atoms with van der Waals surface area (Å²) in [5, 5.41) is 3.60. The minimum atomic E-state index is 0.638. The lowest BCUT2D eigenvalue weighted by Gasteiger charge is -2.18. The van der Waals surface area contributed by atoms with Crippen LogP contribution in [0.3, 0.4) is 0 Å². The normalized spacial score (nSPS) is 17.5. The molecule has 1 N–H and O–H groups in total. The Labute approximate surface area is 92.1 Å². The number of anilines is 1. The highest BCUT2D eigenvalue weighted by Crippen LogP contribution is 2.34. The number of hydrogen-bond acceptors (Lipinski definition) is 2. The molecular formula is C13H20N2. The number of aryl methyl sites for hydroxylation is 1. The Bertz CT molecular complexity index is 318. The summed E-state index contributed by atoms with van der Waals surface area (Å²) in [6.07, 6.45) is 7.29. The average Bonchev–Trinajstić information content (AvgIpc) is 3.01. The smallest absolute Gasteiger partial charge is 0.0393 e. The summed E-state index contributed by atoms with van der Waals surface area (Å²) in [4.78, 5) is 4.21. The average molecular weight is 204 g/mol. The highest BCUT2D eigenvalue weighted by molar-refractivity contribution is 5.43. The van der Waals surface area contributed by atoms with Crippen molar-refractivity contribution < 1.29 is 0 Å². The van der Waals surface area contributed by atoms with Crippen molar-refractivity contribution in [2.75, 3.05) is 5.32 Å². The lowest BCUT2D eigenvalue weighted by molar-refractivity contribution is 0.587. The standard InChI is InChI=1S/C13H20N2/c1-3-12(9-11-4-5-11)15-13-6-7-14-10(2)8-13/h6-8,11-12H,3-5,9H2,1-2H3,(H,14,15). The van der Waals surface area contributed by atoms with Gasteiger partial charge in [-0.2, -0.15) is 0 Å². The van der Waals surface area contributed by atoms with Gasteiger partial charge in [0.25, 0.3) is 0 Å². The second-order valence-electron chi connectivity index (χ2n) is 4.61. The number of rotatable bonds is 5.